The van der Waals surface area contributed by atoms with Crippen molar-refractivity contribution in [1.29, 1.82) is 0 Å². The van der Waals surface area contributed by atoms with Crippen LogP contribution in [0.5, 0.6) is 0 Å². The van der Waals surface area contributed by atoms with E-state index in [1.165, 1.54) is 6.92 Å². The van der Waals surface area contributed by atoms with Crippen molar-refractivity contribution in [2.75, 3.05) is 18.4 Å². The number of likely N-dealkylation sites (N-methyl/N-ethyl adjacent to an activating group) is 1. The lowest BCUT2D eigenvalue weighted by Gasteiger charge is -2.06. The van der Waals surface area contributed by atoms with Crippen LogP contribution in [0.1, 0.15) is 24.2 Å². The maximum absolute atomic E-state index is 11.7. The third kappa shape index (κ3) is 5.20. The van der Waals surface area contributed by atoms with Gasteiger partial charge in [0.05, 0.1) is 6.54 Å². The van der Waals surface area contributed by atoms with Gasteiger partial charge in [-0.2, -0.15) is 0 Å². The highest BCUT2D eigenvalue weighted by Crippen LogP contribution is 2.09. The summed E-state index contributed by atoms with van der Waals surface area (Å²) in [6, 6.07) is 6.42. The van der Waals surface area contributed by atoms with Crippen LogP contribution in [0.4, 0.5) is 5.69 Å². The molecule has 0 saturated heterocycles. The Morgan fingerprint density at radius 2 is 1.68 bits per heavy atom. The van der Waals surface area contributed by atoms with Gasteiger partial charge in [0.15, 0.2) is 0 Å². The number of amides is 3. The van der Waals surface area contributed by atoms with E-state index in [9.17, 15) is 14.4 Å². The lowest BCUT2D eigenvalue weighted by molar-refractivity contribution is -0.120. The molecule has 0 radical (unpaired) electrons. The summed E-state index contributed by atoms with van der Waals surface area (Å²) in [7, 11) is 0. The number of carbonyl (C=O) groups is 3. The second-order valence-corrected chi connectivity index (χ2v) is 3.89. The molecule has 0 aliphatic heterocycles. The van der Waals surface area contributed by atoms with E-state index >= 15 is 0 Å². The van der Waals surface area contributed by atoms with Gasteiger partial charge in [-0.25, -0.2) is 0 Å². The van der Waals surface area contributed by atoms with E-state index in [1.54, 1.807) is 31.2 Å². The van der Waals surface area contributed by atoms with Crippen molar-refractivity contribution in [2.45, 2.75) is 13.8 Å². The van der Waals surface area contributed by atoms with Gasteiger partial charge < -0.3 is 16.0 Å². The quantitative estimate of drug-likeness (QED) is 0.723. The first-order valence-corrected chi connectivity index (χ1v) is 5.95. The number of benzene rings is 1. The van der Waals surface area contributed by atoms with Gasteiger partial charge in [0, 0.05) is 24.7 Å². The minimum absolute atomic E-state index is 0.0554. The van der Waals surface area contributed by atoms with Crippen molar-refractivity contribution in [3.8, 4) is 0 Å². The zero-order valence-electron chi connectivity index (χ0n) is 10.9. The monoisotopic (exact) mass is 263 g/mol. The fraction of sp³-hybridized carbons (Fsp3) is 0.308. The third-order valence-corrected chi connectivity index (χ3v) is 2.25. The number of anilines is 1. The lowest BCUT2D eigenvalue weighted by atomic mass is 10.2. The van der Waals surface area contributed by atoms with E-state index in [4.69, 9.17) is 0 Å². The molecule has 0 unspecified atom stereocenters. The molecule has 6 heteroatoms. The summed E-state index contributed by atoms with van der Waals surface area (Å²) in [5, 5.41) is 7.69. The van der Waals surface area contributed by atoms with E-state index in [0.717, 1.165) is 0 Å². The smallest absolute Gasteiger partial charge is 0.251 e. The van der Waals surface area contributed by atoms with Gasteiger partial charge in [0.25, 0.3) is 5.91 Å². The Morgan fingerprint density at radius 1 is 1.05 bits per heavy atom. The van der Waals surface area contributed by atoms with E-state index in [0.29, 0.717) is 17.8 Å². The summed E-state index contributed by atoms with van der Waals surface area (Å²) < 4.78 is 0. The molecule has 0 heterocycles. The molecule has 0 aromatic heterocycles. The number of hydrogen-bond acceptors (Lipinski definition) is 3. The molecule has 0 spiro atoms. The first kappa shape index (κ1) is 14.7. The van der Waals surface area contributed by atoms with Gasteiger partial charge in [-0.15, -0.1) is 0 Å². The Bertz CT molecular complexity index is 469. The SMILES string of the molecule is CCNC(=O)CNC(=O)c1ccc(NC(C)=O)cc1. The molecule has 6 nitrogen and oxygen atoms in total. The van der Waals surface area contributed by atoms with Crippen LogP contribution in [-0.4, -0.2) is 30.8 Å². The van der Waals surface area contributed by atoms with Crippen molar-refractivity contribution in [2.24, 2.45) is 0 Å². The van der Waals surface area contributed by atoms with Gasteiger partial charge in [0.1, 0.15) is 0 Å². The fourth-order valence-corrected chi connectivity index (χ4v) is 1.43. The average molecular weight is 263 g/mol. The van der Waals surface area contributed by atoms with Gasteiger partial charge in [-0.1, -0.05) is 0 Å². The topological polar surface area (TPSA) is 87.3 Å². The molecular weight excluding hydrogens is 246 g/mol. The van der Waals surface area contributed by atoms with Crippen LogP contribution in [0.15, 0.2) is 24.3 Å². The van der Waals surface area contributed by atoms with Crippen LogP contribution in [0.3, 0.4) is 0 Å². The summed E-state index contributed by atoms with van der Waals surface area (Å²) in [5.41, 5.74) is 1.05. The van der Waals surface area contributed by atoms with E-state index in [-0.39, 0.29) is 24.3 Å². The molecular formula is C13H17N3O3. The molecule has 0 bridgehead atoms. The molecule has 1 aromatic rings. The predicted octanol–water partition coefficient (Wildman–Crippen LogP) is 0.511. The Balaban J connectivity index is 2.53. The van der Waals surface area contributed by atoms with Crippen molar-refractivity contribution in [3.05, 3.63) is 29.8 Å². The Hall–Kier alpha value is -2.37. The molecule has 1 rings (SSSR count). The molecule has 0 saturated carbocycles. The molecule has 1 aromatic carbocycles. The summed E-state index contributed by atoms with van der Waals surface area (Å²) in [6.07, 6.45) is 0. The Morgan fingerprint density at radius 3 is 2.21 bits per heavy atom. The molecule has 19 heavy (non-hydrogen) atoms. The maximum atomic E-state index is 11.7. The van der Waals surface area contributed by atoms with Crippen LogP contribution in [0.25, 0.3) is 0 Å². The maximum Gasteiger partial charge on any atom is 0.251 e. The summed E-state index contributed by atoms with van der Waals surface area (Å²) in [4.78, 5) is 33.7. The lowest BCUT2D eigenvalue weighted by Crippen LogP contribution is -2.36. The number of hydrogen-bond donors (Lipinski definition) is 3. The van der Waals surface area contributed by atoms with Gasteiger partial charge >= 0.3 is 0 Å². The molecule has 0 fully saturated rings. The second kappa shape index (κ2) is 7.15. The van der Waals surface area contributed by atoms with E-state index in [1.807, 2.05) is 0 Å². The highest BCUT2D eigenvalue weighted by molar-refractivity contribution is 5.97. The zero-order chi connectivity index (χ0) is 14.3. The zero-order valence-corrected chi connectivity index (χ0v) is 10.9. The molecule has 102 valence electrons. The first-order valence-electron chi connectivity index (χ1n) is 5.95. The summed E-state index contributed by atoms with van der Waals surface area (Å²) in [5.74, 6) is -0.736. The highest BCUT2D eigenvalue weighted by Gasteiger charge is 2.07. The van der Waals surface area contributed by atoms with E-state index in [2.05, 4.69) is 16.0 Å². The van der Waals surface area contributed by atoms with Crippen molar-refractivity contribution >= 4 is 23.4 Å². The predicted molar refractivity (Wildman–Crippen MR) is 71.8 cm³/mol. The molecule has 3 amide bonds. The highest BCUT2D eigenvalue weighted by atomic mass is 16.2. The van der Waals surface area contributed by atoms with E-state index < -0.39 is 0 Å². The van der Waals surface area contributed by atoms with Gasteiger partial charge in [-0.05, 0) is 31.2 Å². The van der Waals surface area contributed by atoms with Gasteiger partial charge in [-0.3, -0.25) is 14.4 Å². The summed E-state index contributed by atoms with van der Waals surface area (Å²) >= 11 is 0. The van der Waals surface area contributed by atoms with Crippen LogP contribution >= 0.6 is 0 Å². The Labute approximate surface area is 111 Å². The number of rotatable bonds is 5. The average Bonchev–Trinajstić information content (AvgIpc) is 2.36. The number of carbonyl (C=O) groups excluding carboxylic acids is 3. The molecule has 0 aliphatic rings. The molecule has 0 aliphatic carbocycles. The minimum atomic E-state index is -0.333. The van der Waals surface area contributed by atoms with Crippen LogP contribution in [0, 0.1) is 0 Å². The van der Waals surface area contributed by atoms with Crippen LogP contribution in [-0.2, 0) is 9.59 Å². The Kier molecular flexibility index (Phi) is 5.53. The normalized spacial score (nSPS) is 9.58. The standard InChI is InChI=1S/C13H17N3O3/c1-3-14-12(18)8-15-13(19)10-4-6-11(7-5-10)16-9(2)17/h4-7H,3,8H2,1-2H3,(H,14,18)(H,15,19)(H,16,17). The summed E-state index contributed by atoms with van der Waals surface area (Å²) in [6.45, 7) is 3.69. The second-order valence-electron chi connectivity index (χ2n) is 3.89. The minimum Gasteiger partial charge on any atom is -0.355 e. The van der Waals surface area contributed by atoms with Crippen LogP contribution in [0.2, 0.25) is 0 Å². The van der Waals surface area contributed by atoms with Crippen molar-refractivity contribution in [1.82, 2.24) is 10.6 Å². The van der Waals surface area contributed by atoms with Gasteiger partial charge in [0.2, 0.25) is 11.8 Å². The first-order chi connectivity index (χ1) is 9.02. The largest absolute Gasteiger partial charge is 0.355 e. The van der Waals surface area contributed by atoms with Crippen LogP contribution < -0.4 is 16.0 Å². The van der Waals surface area contributed by atoms with Crippen molar-refractivity contribution in [3.63, 3.8) is 0 Å². The molecule has 3 N–H and O–H groups in total. The molecule has 0 atom stereocenters. The third-order valence-electron chi connectivity index (χ3n) is 2.25. The number of nitrogens with one attached hydrogen (secondary N) is 3. The van der Waals surface area contributed by atoms with Crippen molar-refractivity contribution < 1.29 is 14.4 Å². The fourth-order valence-electron chi connectivity index (χ4n) is 1.43.